The van der Waals surface area contributed by atoms with Gasteiger partial charge in [0.05, 0.1) is 10.4 Å². The van der Waals surface area contributed by atoms with E-state index in [0.29, 0.717) is 27.9 Å². The van der Waals surface area contributed by atoms with Crippen LogP contribution in [0.15, 0.2) is 76.7 Å². The number of hydrogen-bond donors (Lipinski definition) is 1. The minimum Gasteiger partial charge on any atom is -0.365 e. The zero-order valence-electron chi connectivity index (χ0n) is 17.3. The second-order valence-corrected chi connectivity index (χ2v) is 10.2. The molecule has 7 nitrogen and oxygen atoms in total. The zero-order valence-corrected chi connectivity index (χ0v) is 19.7. The molecule has 1 N–H and O–H groups in total. The van der Waals surface area contributed by atoms with Gasteiger partial charge in [0.15, 0.2) is 5.65 Å². The summed E-state index contributed by atoms with van der Waals surface area (Å²) in [6.45, 7) is 2.26. The lowest BCUT2D eigenvalue weighted by atomic mass is 10.2. The third kappa shape index (κ3) is 3.90. The molecular formula is C23H17Cl2N5O2S. The lowest BCUT2D eigenvalue weighted by molar-refractivity contribution is 0.592. The van der Waals surface area contributed by atoms with Crippen LogP contribution in [0.5, 0.6) is 0 Å². The first-order valence-electron chi connectivity index (χ1n) is 9.98. The van der Waals surface area contributed by atoms with Crippen molar-refractivity contribution < 1.29 is 8.42 Å². The summed E-state index contributed by atoms with van der Waals surface area (Å²) in [4.78, 5) is 4.75. The van der Waals surface area contributed by atoms with Gasteiger partial charge in [-0.2, -0.15) is 4.52 Å². The summed E-state index contributed by atoms with van der Waals surface area (Å²) in [5.41, 5.74) is 2.59. The first-order chi connectivity index (χ1) is 15.8. The molecule has 2 aromatic heterocycles. The van der Waals surface area contributed by atoms with E-state index >= 15 is 0 Å². The van der Waals surface area contributed by atoms with Crippen molar-refractivity contribution in [3.63, 3.8) is 0 Å². The van der Waals surface area contributed by atoms with Gasteiger partial charge in [-0.05, 0) is 48.9 Å². The first-order valence-corrected chi connectivity index (χ1v) is 12.2. The molecule has 0 aliphatic rings. The SMILES string of the molecule is Cc1ccc(S(=O)(=O)c2nnn3c2nc(NCc2ccc(Cl)cc2Cl)c2ccccc23)cc1. The van der Waals surface area contributed by atoms with Crippen LogP contribution >= 0.6 is 23.2 Å². The van der Waals surface area contributed by atoms with Crippen LogP contribution in [0, 0.1) is 6.92 Å². The average Bonchev–Trinajstić information content (AvgIpc) is 3.24. The number of sulfone groups is 1. The van der Waals surface area contributed by atoms with E-state index in [1.165, 1.54) is 4.52 Å². The van der Waals surface area contributed by atoms with Crippen molar-refractivity contribution in [3.05, 3.63) is 87.9 Å². The summed E-state index contributed by atoms with van der Waals surface area (Å²) in [5.74, 6) is 0.492. The Morgan fingerprint density at radius 2 is 1.76 bits per heavy atom. The molecule has 0 aliphatic heterocycles. The van der Waals surface area contributed by atoms with Crippen molar-refractivity contribution >= 4 is 55.4 Å². The average molecular weight is 498 g/mol. The standard InChI is InChI=1S/C23H17Cl2N5O2S/c1-14-6-10-17(11-7-14)33(31,32)23-22-27-21(26-13-15-8-9-16(24)12-19(15)25)18-4-2-3-5-20(18)30(22)29-28-23/h2-12H,13H2,1H3,(H,26,27). The summed E-state index contributed by atoms with van der Waals surface area (Å²) in [7, 11) is -3.92. The molecule has 2 heterocycles. The predicted octanol–water partition coefficient (Wildman–Crippen LogP) is 5.34. The van der Waals surface area contributed by atoms with Crippen LogP contribution < -0.4 is 5.32 Å². The highest BCUT2D eigenvalue weighted by Gasteiger charge is 2.27. The number of rotatable bonds is 5. The van der Waals surface area contributed by atoms with Gasteiger partial charge in [-0.15, -0.1) is 5.10 Å². The van der Waals surface area contributed by atoms with Crippen LogP contribution in [-0.4, -0.2) is 28.2 Å². The van der Waals surface area contributed by atoms with E-state index < -0.39 is 9.84 Å². The molecule has 0 saturated heterocycles. The lowest BCUT2D eigenvalue weighted by Gasteiger charge is -2.11. The van der Waals surface area contributed by atoms with Crippen LogP contribution in [0.25, 0.3) is 16.6 Å². The Morgan fingerprint density at radius 3 is 2.52 bits per heavy atom. The Hall–Kier alpha value is -3.20. The number of aryl methyl sites for hydroxylation is 1. The Morgan fingerprint density at radius 1 is 1.00 bits per heavy atom. The van der Waals surface area contributed by atoms with Gasteiger partial charge >= 0.3 is 0 Å². The maximum absolute atomic E-state index is 13.3. The highest BCUT2D eigenvalue weighted by Crippen LogP contribution is 2.29. The molecule has 0 amide bonds. The second kappa shape index (κ2) is 8.30. The molecule has 0 radical (unpaired) electrons. The molecule has 166 valence electrons. The number of para-hydroxylation sites is 1. The number of benzene rings is 3. The monoisotopic (exact) mass is 497 g/mol. The topological polar surface area (TPSA) is 89.2 Å². The molecule has 3 aromatic carbocycles. The molecule has 5 rings (SSSR count). The fourth-order valence-electron chi connectivity index (χ4n) is 3.53. The van der Waals surface area contributed by atoms with Gasteiger partial charge in [-0.25, -0.2) is 13.4 Å². The van der Waals surface area contributed by atoms with E-state index in [-0.39, 0.29) is 15.6 Å². The molecule has 0 spiro atoms. The van der Waals surface area contributed by atoms with E-state index in [4.69, 9.17) is 23.2 Å². The summed E-state index contributed by atoms with van der Waals surface area (Å²) in [6.07, 6.45) is 0. The van der Waals surface area contributed by atoms with Crippen LogP contribution in [-0.2, 0) is 16.4 Å². The van der Waals surface area contributed by atoms with Gasteiger partial charge < -0.3 is 5.32 Å². The maximum Gasteiger partial charge on any atom is 0.229 e. The molecule has 0 atom stereocenters. The van der Waals surface area contributed by atoms with E-state index in [0.717, 1.165) is 16.5 Å². The smallest absolute Gasteiger partial charge is 0.229 e. The minimum atomic E-state index is -3.92. The molecule has 33 heavy (non-hydrogen) atoms. The second-order valence-electron chi connectivity index (χ2n) is 7.51. The molecule has 0 saturated carbocycles. The van der Waals surface area contributed by atoms with Gasteiger partial charge in [0.1, 0.15) is 5.82 Å². The van der Waals surface area contributed by atoms with E-state index in [9.17, 15) is 8.42 Å². The van der Waals surface area contributed by atoms with Gasteiger partial charge in [-0.1, -0.05) is 64.3 Å². The Bertz CT molecular complexity index is 1620. The highest BCUT2D eigenvalue weighted by atomic mass is 35.5. The van der Waals surface area contributed by atoms with Crippen LogP contribution in [0.1, 0.15) is 11.1 Å². The lowest BCUT2D eigenvalue weighted by Crippen LogP contribution is -2.07. The number of fused-ring (bicyclic) bond motifs is 3. The van der Waals surface area contributed by atoms with E-state index in [1.807, 2.05) is 37.3 Å². The summed E-state index contributed by atoms with van der Waals surface area (Å²) in [6, 6.07) is 19.3. The number of nitrogens with one attached hydrogen (secondary N) is 1. The van der Waals surface area contributed by atoms with Crippen molar-refractivity contribution in [1.29, 1.82) is 0 Å². The molecule has 0 bridgehead atoms. The fourth-order valence-corrected chi connectivity index (χ4v) is 5.24. The molecule has 5 aromatic rings. The van der Waals surface area contributed by atoms with Gasteiger partial charge in [-0.3, -0.25) is 0 Å². The summed E-state index contributed by atoms with van der Waals surface area (Å²) >= 11 is 12.3. The summed E-state index contributed by atoms with van der Waals surface area (Å²) < 4.78 is 28.1. The first kappa shape index (κ1) is 21.6. The number of aromatic nitrogens is 4. The van der Waals surface area contributed by atoms with Crippen molar-refractivity contribution in [2.45, 2.75) is 23.4 Å². The van der Waals surface area contributed by atoms with E-state index in [2.05, 4.69) is 20.6 Å². The van der Waals surface area contributed by atoms with Crippen LogP contribution in [0.4, 0.5) is 5.82 Å². The van der Waals surface area contributed by atoms with Crippen molar-refractivity contribution in [2.24, 2.45) is 0 Å². The molecule has 0 fully saturated rings. The van der Waals surface area contributed by atoms with Gasteiger partial charge in [0.25, 0.3) is 0 Å². The quantitative estimate of drug-likeness (QED) is 0.352. The van der Waals surface area contributed by atoms with Crippen molar-refractivity contribution in [1.82, 2.24) is 19.8 Å². The minimum absolute atomic E-state index is 0.132. The molecule has 0 unspecified atom stereocenters. The summed E-state index contributed by atoms with van der Waals surface area (Å²) in [5, 5.41) is 13.0. The fraction of sp³-hybridized carbons (Fsp3) is 0.0870. The third-order valence-corrected chi connectivity index (χ3v) is 7.52. The number of anilines is 1. The van der Waals surface area contributed by atoms with Crippen molar-refractivity contribution in [3.8, 4) is 0 Å². The number of hydrogen-bond acceptors (Lipinski definition) is 6. The molecular weight excluding hydrogens is 481 g/mol. The number of halogens is 2. The maximum atomic E-state index is 13.3. The van der Waals surface area contributed by atoms with Gasteiger partial charge in [0.2, 0.25) is 14.9 Å². The third-order valence-electron chi connectivity index (χ3n) is 5.27. The Labute approximate surface area is 199 Å². The largest absolute Gasteiger partial charge is 0.365 e. The Kier molecular flexibility index (Phi) is 5.44. The number of nitrogens with zero attached hydrogens (tertiary/aromatic N) is 4. The highest BCUT2D eigenvalue weighted by molar-refractivity contribution is 7.91. The van der Waals surface area contributed by atoms with E-state index in [1.54, 1.807) is 36.4 Å². The normalized spacial score (nSPS) is 11.8. The van der Waals surface area contributed by atoms with Crippen LogP contribution in [0.2, 0.25) is 10.0 Å². The molecule has 10 heteroatoms. The van der Waals surface area contributed by atoms with Crippen molar-refractivity contribution in [2.75, 3.05) is 5.32 Å². The van der Waals surface area contributed by atoms with Crippen LogP contribution in [0.3, 0.4) is 0 Å². The Balaban J connectivity index is 1.64. The molecule has 0 aliphatic carbocycles. The van der Waals surface area contributed by atoms with Gasteiger partial charge in [0, 0.05) is 22.0 Å². The predicted molar refractivity (Wildman–Crippen MR) is 129 cm³/mol. The zero-order chi connectivity index (χ0) is 23.2.